The number of carbonyl (C=O) groups excluding carboxylic acids is 1. The minimum absolute atomic E-state index is 0.261. The number of benzene rings is 1. The van der Waals surface area contributed by atoms with Crippen molar-refractivity contribution in [2.75, 3.05) is 17.2 Å². The zero-order chi connectivity index (χ0) is 15.2. The molecule has 0 fully saturated rings. The van der Waals surface area contributed by atoms with Gasteiger partial charge in [0, 0.05) is 23.5 Å². The van der Waals surface area contributed by atoms with Crippen LogP contribution in [0.25, 0.3) is 0 Å². The summed E-state index contributed by atoms with van der Waals surface area (Å²) < 4.78 is 0. The van der Waals surface area contributed by atoms with Gasteiger partial charge < -0.3 is 10.6 Å². The molecule has 1 amide bonds. The van der Waals surface area contributed by atoms with Crippen molar-refractivity contribution >= 4 is 28.9 Å². The Morgan fingerprint density at radius 3 is 2.90 bits per heavy atom. The maximum absolute atomic E-state index is 12.2. The quantitative estimate of drug-likeness (QED) is 0.908. The van der Waals surface area contributed by atoms with E-state index >= 15 is 0 Å². The number of hydrogen-bond donors (Lipinski definition) is 2. The highest BCUT2D eigenvalue weighted by Gasteiger charge is 2.11. The van der Waals surface area contributed by atoms with Crippen LogP contribution in [0.3, 0.4) is 0 Å². The van der Waals surface area contributed by atoms with E-state index in [9.17, 15) is 4.79 Å². The predicted molar refractivity (Wildman–Crippen MR) is 82.5 cm³/mol. The van der Waals surface area contributed by atoms with Gasteiger partial charge in [-0.1, -0.05) is 11.6 Å². The molecule has 1 heterocycles. The molecule has 0 saturated heterocycles. The van der Waals surface area contributed by atoms with Crippen LogP contribution in [-0.2, 0) is 0 Å². The monoisotopic (exact) mass is 300 g/mol. The van der Waals surface area contributed by atoms with Crippen molar-refractivity contribution in [2.45, 2.75) is 6.92 Å². The van der Waals surface area contributed by atoms with Gasteiger partial charge in [-0.25, -0.2) is 0 Å². The molecule has 1 aromatic heterocycles. The van der Waals surface area contributed by atoms with Crippen molar-refractivity contribution in [3.8, 4) is 6.07 Å². The summed E-state index contributed by atoms with van der Waals surface area (Å²) in [5.74, 6) is -0.395. The van der Waals surface area contributed by atoms with E-state index in [0.29, 0.717) is 16.3 Å². The molecular formula is C15H13ClN4O. The van der Waals surface area contributed by atoms with Crippen LogP contribution in [0, 0.1) is 11.3 Å². The Kier molecular flexibility index (Phi) is 4.75. The zero-order valence-corrected chi connectivity index (χ0v) is 12.1. The second-order valence-corrected chi connectivity index (χ2v) is 4.65. The van der Waals surface area contributed by atoms with Crippen LogP contribution in [-0.4, -0.2) is 17.4 Å². The lowest BCUT2D eigenvalue weighted by Crippen LogP contribution is -2.15. The van der Waals surface area contributed by atoms with Crippen LogP contribution < -0.4 is 10.6 Å². The number of anilines is 2. The van der Waals surface area contributed by atoms with Gasteiger partial charge in [0.05, 0.1) is 11.3 Å². The normalized spacial score (nSPS) is 9.76. The fourth-order valence-corrected chi connectivity index (χ4v) is 1.94. The number of nitriles is 1. The molecule has 0 spiro atoms. The maximum atomic E-state index is 12.2. The van der Waals surface area contributed by atoms with Gasteiger partial charge in [0.15, 0.2) is 0 Å². The number of nitrogens with one attached hydrogen (secondary N) is 2. The Morgan fingerprint density at radius 2 is 2.19 bits per heavy atom. The van der Waals surface area contributed by atoms with Crippen molar-refractivity contribution in [3.63, 3.8) is 0 Å². The molecule has 0 atom stereocenters. The van der Waals surface area contributed by atoms with Crippen molar-refractivity contribution in [3.05, 3.63) is 52.8 Å². The van der Waals surface area contributed by atoms with Gasteiger partial charge >= 0.3 is 0 Å². The molecule has 1 aromatic carbocycles. The van der Waals surface area contributed by atoms with Gasteiger partial charge in [0.1, 0.15) is 11.8 Å². The van der Waals surface area contributed by atoms with E-state index in [1.54, 1.807) is 30.5 Å². The number of amides is 1. The van der Waals surface area contributed by atoms with Crippen LogP contribution in [0.5, 0.6) is 0 Å². The molecule has 2 N–H and O–H groups in total. The topological polar surface area (TPSA) is 77.8 Å². The lowest BCUT2D eigenvalue weighted by atomic mass is 10.2. The number of hydrogen-bond acceptors (Lipinski definition) is 4. The van der Waals surface area contributed by atoms with Crippen LogP contribution >= 0.6 is 11.6 Å². The fourth-order valence-electron chi connectivity index (χ4n) is 1.77. The van der Waals surface area contributed by atoms with Crippen molar-refractivity contribution in [1.29, 1.82) is 5.26 Å². The Morgan fingerprint density at radius 1 is 1.38 bits per heavy atom. The Bertz CT molecular complexity index is 709. The minimum Gasteiger partial charge on any atom is -0.385 e. The fraction of sp³-hybridized carbons (Fsp3) is 0.133. The third-order valence-corrected chi connectivity index (χ3v) is 2.96. The third kappa shape index (κ3) is 3.71. The molecule has 2 rings (SSSR count). The van der Waals surface area contributed by atoms with Gasteiger partial charge in [0.25, 0.3) is 5.91 Å². The summed E-state index contributed by atoms with van der Waals surface area (Å²) in [4.78, 5) is 16.2. The number of aromatic nitrogens is 1. The molecule has 2 aromatic rings. The largest absolute Gasteiger partial charge is 0.385 e. The van der Waals surface area contributed by atoms with Gasteiger partial charge in [-0.2, -0.15) is 5.26 Å². The van der Waals surface area contributed by atoms with Gasteiger partial charge in [0.2, 0.25) is 0 Å². The van der Waals surface area contributed by atoms with Crippen LogP contribution in [0.1, 0.15) is 23.0 Å². The molecule has 0 aliphatic carbocycles. The first-order valence-electron chi connectivity index (χ1n) is 6.35. The predicted octanol–water partition coefficient (Wildman–Crippen LogP) is 3.29. The second-order valence-electron chi connectivity index (χ2n) is 4.22. The third-order valence-electron chi connectivity index (χ3n) is 2.72. The van der Waals surface area contributed by atoms with E-state index in [4.69, 9.17) is 16.9 Å². The molecule has 0 unspecified atom stereocenters. The van der Waals surface area contributed by atoms with Crippen LogP contribution in [0.2, 0.25) is 5.02 Å². The van der Waals surface area contributed by atoms with Crippen LogP contribution in [0.4, 0.5) is 11.4 Å². The highest BCUT2D eigenvalue weighted by molar-refractivity contribution is 6.31. The first-order chi connectivity index (χ1) is 10.1. The SMILES string of the molecule is CCNc1ccnc(C(=O)Nc2cc(Cl)ccc2C#N)c1. The molecule has 0 aliphatic heterocycles. The summed E-state index contributed by atoms with van der Waals surface area (Å²) in [6, 6.07) is 10.1. The van der Waals surface area contributed by atoms with Crippen molar-refractivity contribution in [1.82, 2.24) is 4.98 Å². The molecule has 21 heavy (non-hydrogen) atoms. The summed E-state index contributed by atoms with van der Waals surface area (Å²) in [7, 11) is 0. The summed E-state index contributed by atoms with van der Waals surface area (Å²) in [6.45, 7) is 2.71. The van der Waals surface area contributed by atoms with E-state index in [2.05, 4.69) is 15.6 Å². The van der Waals surface area contributed by atoms with Crippen LogP contribution in [0.15, 0.2) is 36.5 Å². The van der Waals surface area contributed by atoms with E-state index in [-0.39, 0.29) is 5.69 Å². The summed E-state index contributed by atoms with van der Waals surface area (Å²) in [5.41, 5.74) is 1.78. The standard InChI is InChI=1S/C15H13ClN4O/c1-2-18-12-5-6-19-14(8-12)15(21)20-13-7-11(16)4-3-10(13)9-17/h3-8H,2H2,1H3,(H,18,19)(H,20,21). The first kappa shape index (κ1) is 14.8. The lowest BCUT2D eigenvalue weighted by Gasteiger charge is -2.08. The summed E-state index contributed by atoms with van der Waals surface area (Å²) >= 11 is 5.88. The smallest absolute Gasteiger partial charge is 0.274 e. The average molecular weight is 301 g/mol. The number of rotatable bonds is 4. The van der Waals surface area contributed by atoms with E-state index in [0.717, 1.165) is 12.2 Å². The van der Waals surface area contributed by atoms with Crippen molar-refractivity contribution < 1.29 is 4.79 Å². The minimum atomic E-state index is -0.395. The van der Waals surface area contributed by atoms with Gasteiger partial charge in [-0.05, 0) is 37.3 Å². The number of halogens is 1. The zero-order valence-electron chi connectivity index (χ0n) is 11.4. The Balaban J connectivity index is 2.24. The maximum Gasteiger partial charge on any atom is 0.274 e. The molecule has 0 saturated carbocycles. The van der Waals surface area contributed by atoms with E-state index in [1.165, 1.54) is 6.07 Å². The molecule has 5 nitrogen and oxygen atoms in total. The Labute approximate surface area is 127 Å². The number of pyridine rings is 1. The van der Waals surface area contributed by atoms with Gasteiger partial charge in [-0.3, -0.25) is 9.78 Å². The number of carbonyl (C=O) groups is 1. The summed E-state index contributed by atoms with van der Waals surface area (Å²) in [6.07, 6.45) is 1.55. The molecule has 0 aliphatic rings. The molecule has 106 valence electrons. The van der Waals surface area contributed by atoms with Gasteiger partial charge in [-0.15, -0.1) is 0 Å². The summed E-state index contributed by atoms with van der Waals surface area (Å²) in [5, 5.41) is 15.2. The molecule has 0 bridgehead atoms. The average Bonchev–Trinajstić information content (AvgIpc) is 2.48. The highest BCUT2D eigenvalue weighted by atomic mass is 35.5. The molecular weight excluding hydrogens is 288 g/mol. The number of nitrogens with zero attached hydrogens (tertiary/aromatic N) is 2. The van der Waals surface area contributed by atoms with E-state index < -0.39 is 5.91 Å². The first-order valence-corrected chi connectivity index (χ1v) is 6.72. The molecule has 0 radical (unpaired) electrons. The molecule has 6 heteroatoms. The second kappa shape index (κ2) is 6.73. The highest BCUT2D eigenvalue weighted by Crippen LogP contribution is 2.21. The lowest BCUT2D eigenvalue weighted by molar-refractivity contribution is 0.102. The van der Waals surface area contributed by atoms with Crippen molar-refractivity contribution in [2.24, 2.45) is 0 Å². The Hall–Kier alpha value is -2.58. The van der Waals surface area contributed by atoms with E-state index in [1.807, 2.05) is 13.0 Å².